The first kappa shape index (κ1) is 20.2. The minimum atomic E-state index is -0.427. The average molecular weight is 405 g/mol. The Morgan fingerprint density at radius 3 is 2.71 bits per heavy atom. The van der Waals surface area contributed by atoms with Gasteiger partial charge in [0.05, 0.1) is 19.3 Å². The summed E-state index contributed by atoms with van der Waals surface area (Å²) in [4.78, 5) is 4.68. The quantitative estimate of drug-likeness (QED) is 0.700. The third-order valence-corrected chi connectivity index (χ3v) is 7.41. The van der Waals surface area contributed by atoms with Crippen LogP contribution < -0.4 is 4.90 Å². The Morgan fingerprint density at radius 2 is 2.04 bits per heavy atom. The molecule has 3 aliphatic carbocycles. The Morgan fingerprint density at radius 1 is 1.25 bits per heavy atom. The van der Waals surface area contributed by atoms with Crippen LogP contribution in [0.5, 0.6) is 0 Å². The number of fused-ring (bicyclic) bond motifs is 1. The molecule has 5 heteroatoms. The lowest BCUT2D eigenvalue weighted by Gasteiger charge is -2.56. The van der Waals surface area contributed by atoms with E-state index in [1.165, 1.54) is 24.1 Å². The molecule has 1 saturated heterocycles. The minimum Gasteiger partial charge on any atom is -0.389 e. The predicted octanol–water partition coefficient (Wildman–Crippen LogP) is 3.83. The van der Waals surface area contributed by atoms with Crippen molar-refractivity contribution in [3.63, 3.8) is 0 Å². The van der Waals surface area contributed by atoms with E-state index in [4.69, 9.17) is 16.3 Å². The van der Waals surface area contributed by atoms with Gasteiger partial charge in [0.1, 0.15) is 0 Å². The van der Waals surface area contributed by atoms with E-state index < -0.39 is 6.10 Å². The molecule has 2 bridgehead atoms. The Bertz CT molecular complexity index is 712. The van der Waals surface area contributed by atoms with Crippen molar-refractivity contribution < 1.29 is 9.84 Å². The summed E-state index contributed by atoms with van der Waals surface area (Å²) in [7, 11) is 0. The van der Waals surface area contributed by atoms with E-state index in [0.29, 0.717) is 31.1 Å². The van der Waals surface area contributed by atoms with Crippen molar-refractivity contribution in [3.05, 3.63) is 40.9 Å². The smallest absolute Gasteiger partial charge is 0.0900 e. The van der Waals surface area contributed by atoms with Gasteiger partial charge in [0.2, 0.25) is 0 Å². The topological polar surface area (TPSA) is 35.9 Å². The molecule has 1 aliphatic heterocycles. The minimum absolute atomic E-state index is 0.419. The van der Waals surface area contributed by atoms with Crippen LogP contribution in [0, 0.1) is 17.3 Å². The number of nitrogens with zero attached hydrogens (tertiary/aromatic N) is 2. The normalized spacial score (nSPS) is 27.9. The SMILES string of the molecule is CC1(C)[C@H]2CC=C(COC[C@@H](O)CN3CCN(c4cccc(Cl)c4)CC3)[C@@H]1C2. The predicted molar refractivity (Wildman–Crippen MR) is 115 cm³/mol. The first-order valence-corrected chi connectivity index (χ1v) is 11.0. The van der Waals surface area contributed by atoms with E-state index in [2.05, 4.69) is 35.8 Å². The van der Waals surface area contributed by atoms with Crippen LogP contribution in [0.4, 0.5) is 5.69 Å². The van der Waals surface area contributed by atoms with Crippen molar-refractivity contribution in [1.29, 1.82) is 0 Å². The molecule has 5 rings (SSSR count). The number of hydrogen-bond acceptors (Lipinski definition) is 4. The molecular weight excluding hydrogens is 372 g/mol. The van der Waals surface area contributed by atoms with E-state index in [-0.39, 0.29) is 0 Å². The number of allylic oxidation sites excluding steroid dienone is 1. The van der Waals surface area contributed by atoms with Crippen molar-refractivity contribution in [1.82, 2.24) is 4.90 Å². The van der Waals surface area contributed by atoms with Crippen LogP contribution in [0.1, 0.15) is 26.7 Å². The summed E-state index contributed by atoms with van der Waals surface area (Å²) in [5.74, 6) is 1.54. The van der Waals surface area contributed by atoms with Gasteiger partial charge in [0.25, 0.3) is 0 Å². The van der Waals surface area contributed by atoms with E-state index >= 15 is 0 Å². The number of benzene rings is 1. The summed E-state index contributed by atoms with van der Waals surface area (Å²) in [6, 6.07) is 8.03. The van der Waals surface area contributed by atoms with Crippen molar-refractivity contribution in [2.75, 3.05) is 50.8 Å². The fraction of sp³-hybridized carbons (Fsp3) is 0.652. The highest BCUT2D eigenvalue weighted by molar-refractivity contribution is 6.30. The van der Waals surface area contributed by atoms with E-state index in [1.807, 2.05) is 18.2 Å². The molecule has 2 fully saturated rings. The molecule has 154 valence electrons. The van der Waals surface area contributed by atoms with Gasteiger partial charge in [0, 0.05) is 43.4 Å². The second kappa shape index (κ2) is 8.35. The number of aliphatic hydroxyl groups is 1. The summed E-state index contributed by atoms with van der Waals surface area (Å²) < 4.78 is 5.90. The molecule has 0 aromatic heterocycles. The number of β-amino-alcohol motifs (C(OH)–C–C–N with tert-alkyl or cyclic N) is 1. The zero-order chi connectivity index (χ0) is 19.7. The Balaban J connectivity index is 1.16. The maximum Gasteiger partial charge on any atom is 0.0900 e. The molecule has 4 aliphatic rings. The zero-order valence-electron chi connectivity index (χ0n) is 17.1. The van der Waals surface area contributed by atoms with E-state index in [0.717, 1.165) is 37.1 Å². The summed E-state index contributed by atoms with van der Waals surface area (Å²) in [5, 5.41) is 11.2. The van der Waals surface area contributed by atoms with Gasteiger partial charge in [-0.1, -0.05) is 37.6 Å². The lowest BCUT2D eigenvalue weighted by molar-refractivity contribution is -0.0262. The lowest BCUT2D eigenvalue weighted by Crippen LogP contribution is -2.49. The molecule has 28 heavy (non-hydrogen) atoms. The number of hydrogen-bond donors (Lipinski definition) is 1. The molecule has 1 saturated carbocycles. The summed E-state index contributed by atoms with van der Waals surface area (Å²) in [5.41, 5.74) is 3.07. The molecule has 3 atom stereocenters. The van der Waals surface area contributed by atoms with Crippen LogP contribution in [-0.2, 0) is 4.74 Å². The molecule has 1 aromatic rings. The lowest BCUT2D eigenvalue weighted by atomic mass is 9.49. The number of ether oxygens (including phenoxy) is 1. The number of aliphatic hydroxyl groups excluding tert-OH is 1. The molecular formula is C23H33ClN2O2. The second-order valence-corrected chi connectivity index (χ2v) is 9.69. The van der Waals surface area contributed by atoms with Crippen molar-refractivity contribution in [3.8, 4) is 0 Å². The molecule has 0 spiro atoms. The summed E-state index contributed by atoms with van der Waals surface area (Å²) in [6.45, 7) is 10.4. The van der Waals surface area contributed by atoms with Crippen LogP contribution in [0.25, 0.3) is 0 Å². The van der Waals surface area contributed by atoms with Gasteiger partial charge in [0.15, 0.2) is 0 Å². The second-order valence-electron chi connectivity index (χ2n) is 9.26. The molecule has 0 radical (unpaired) electrons. The number of anilines is 1. The Labute approximate surface area is 174 Å². The fourth-order valence-corrected chi connectivity index (χ4v) is 5.35. The van der Waals surface area contributed by atoms with Crippen LogP contribution >= 0.6 is 11.6 Å². The molecule has 0 unspecified atom stereocenters. The highest BCUT2D eigenvalue weighted by Gasteiger charge is 2.50. The highest BCUT2D eigenvalue weighted by atomic mass is 35.5. The first-order valence-electron chi connectivity index (χ1n) is 10.6. The molecule has 4 nitrogen and oxygen atoms in total. The summed E-state index contributed by atoms with van der Waals surface area (Å²) >= 11 is 6.11. The third-order valence-electron chi connectivity index (χ3n) is 7.18. The van der Waals surface area contributed by atoms with E-state index in [1.54, 1.807) is 0 Å². The Hall–Kier alpha value is -1.07. The maximum absolute atomic E-state index is 10.4. The van der Waals surface area contributed by atoms with Gasteiger partial charge in [-0.05, 0) is 53.9 Å². The molecule has 0 amide bonds. The van der Waals surface area contributed by atoms with Crippen LogP contribution in [0.2, 0.25) is 5.02 Å². The molecule has 1 heterocycles. The van der Waals surface area contributed by atoms with Crippen molar-refractivity contribution >= 4 is 17.3 Å². The number of halogens is 1. The largest absolute Gasteiger partial charge is 0.389 e. The van der Waals surface area contributed by atoms with Gasteiger partial charge in [-0.15, -0.1) is 0 Å². The monoisotopic (exact) mass is 404 g/mol. The average Bonchev–Trinajstić information content (AvgIpc) is 2.68. The van der Waals surface area contributed by atoms with Gasteiger partial charge < -0.3 is 14.7 Å². The highest BCUT2D eigenvalue weighted by Crippen LogP contribution is 2.59. The third kappa shape index (κ3) is 4.25. The van der Waals surface area contributed by atoms with Crippen LogP contribution in [0.15, 0.2) is 35.9 Å². The molecule has 1 N–H and O–H groups in total. The van der Waals surface area contributed by atoms with Gasteiger partial charge in [-0.2, -0.15) is 0 Å². The number of rotatable bonds is 7. The van der Waals surface area contributed by atoms with Crippen molar-refractivity contribution in [2.45, 2.75) is 32.8 Å². The number of piperazine rings is 1. The van der Waals surface area contributed by atoms with Crippen molar-refractivity contribution in [2.24, 2.45) is 17.3 Å². The maximum atomic E-state index is 10.4. The van der Waals surface area contributed by atoms with Gasteiger partial charge in [-0.3, -0.25) is 4.90 Å². The van der Waals surface area contributed by atoms with Gasteiger partial charge >= 0.3 is 0 Å². The zero-order valence-corrected chi connectivity index (χ0v) is 17.9. The standard InChI is InChI=1S/C23H33ClN2O2/c1-23(2)18-7-6-17(22(23)12-18)15-28-16-21(27)14-25-8-10-26(11-9-25)20-5-3-4-19(24)13-20/h3-6,13,18,21-22,27H,7-12,14-16H2,1-2H3/t18-,21-,22-/m0/s1. The van der Waals surface area contributed by atoms with Gasteiger partial charge in [-0.25, -0.2) is 0 Å². The van der Waals surface area contributed by atoms with E-state index in [9.17, 15) is 5.11 Å². The Kier molecular flexibility index (Phi) is 6.03. The first-order chi connectivity index (χ1) is 13.4. The molecule has 1 aromatic carbocycles. The summed E-state index contributed by atoms with van der Waals surface area (Å²) in [6.07, 6.45) is 4.47. The van der Waals surface area contributed by atoms with Crippen LogP contribution in [0.3, 0.4) is 0 Å². The fourth-order valence-electron chi connectivity index (χ4n) is 5.17. The van der Waals surface area contributed by atoms with Crippen LogP contribution in [-0.4, -0.2) is 62.0 Å².